The Labute approximate surface area is 201 Å². The highest BCUT2D eigenvalue weighted by molar-refractivity contribution is 5.94. The number of hydrogen-bond donors (Lipinski definition) is 3. The number of carboxylic acid groups (broad SMARTS) is 1. The van der Waals surface area contributed by atoms with Crippen molar-refractivity contribution < 1.29 is 28.6 Å². The van der Waals surface area contributed by atoms with E-state index in [0.717, 1.165) is 40.5 Å². The van der Waals surface area contributed by atoms with E-state index in [-0.39, 0.29) is 30.2 Å². The SMILES string of the molecule is CC(C)(CC(=O)Nc1cc(C(=O)O)ccc1F)NC(=O)OCC1c2ccccc2-c2ccccc21. The summed E-state index contributed by atoms with van der Waals surface area (Å²) in [7, 11) is 0. The summed E-state index contributed by atoms with van der Waals surface area (Å²) in [4.78, 5) is 36.1. The van der Waals surface area contributed by atoms with Crippen LogP contribution in [-0.4, -0.2) is 35.2 Å². The van der Waals surface area contributed by atoms with Gasteiger partial charge in [-0.25, -0.2) is 14.0 Å². The second kappa shape index (κ2) is 9.58. The van der Waals surface area contributed by atoms with Crippen LogP contribution in [0.15, 0.2) is 66.7 Å². The molecule has 180 valence electrons. The highest BCUT2D eigenvalue weighted by Crippen LogP contribution is 2.44. The van der Waals surface area contributed by atoms with Gasteiger partial charge in [0.05, 0.1) is 11.3 Å². The van der Waals surface area contributed by atoms with Crippen LogP contribution in [-0.2, 0) is 9.53 Å². The summed E-state index contributed by atoms with van der Waals surface area (Å²) in [6.45, 7) is 3.41. The Morgan fingerprint density at radius 2 is 1.57 bits per heavy atom. The number of benzene rings is 3. The summed E-state index contributed by atoms with van der Waals surface area (Å²) in [5.74, 6) is -2.68. The van der Waals surface area contributed by atoms with Gasteiger partial charge in [0.15, 0.2) is 0 Å². The Hall–Kier alpha value is -4.20. The van der Waals surface area contributed by atoms with E-state index in [1.54, 1.807) is 13.8 Å². The van der Waals surface area contributed by atoms with Gasteiger partial charge >= 0.3 is 12.1 Å². The van der Waals surface area contributed by atoms with Crippen molar-refractivity contribution >= 4 is 23.7 Å². The zero-order chi connectivity index (χ0) is 25.2. The van der Waals surface area contributed by atoms with Crippen LogP contribution in [0.3, 0.4) is 0 Å². The molecule has 0 bridgehead atoms. The van der Waals surface area contributed by atoms with Gasteiger partial charge in [0.2, 0.25) is 5.91 Å². The number of amides is 2. The lowest BCUT2D eigenvalue weighted by molar-refractivity contribution is -0.117. The van der Waals surface area contributed by atoms with Gasteiger partial charge in [0, 0.05) is 17.9 Å². The number of halogens is 1. The number of nitrogens with one attached hydrogen (secondary N) is 2. The summed E-state index contributed by atoms with van der Waals surface area (Å²) < 4.78 is 19.5. The Morgan fingerprint density at radius 3 is 2.17 bits per heavy atom. The summed E-state index contributed by atoms with van der Waals surface area (Å²) in [6.07, 6.45) is -0.864. The van der Waals surface area contributed by atoms with Crippen LogP contribution >= 0.6 is 0 Å². The lowest BCUT2D eigenvalue weighted by Crippen LogP contribution is -2.46. The first-order chi connectivity index (χ1) is 16.6. The van der Waals surface area contributed by atoms with E-state index in [0.29, 0.717) is 0 Å². The molecule has 4 rings (SSSR count). The molecule has 0 spiro atoms. The summed E-state index contributed by atoms with van der Waals surface area (Å²) in [6, 6.07) is 19.1. The van der Waals surface area contributed by atoms with E-state index in [4.69, 9.17) is 9.84 Å². The van der Waals surface area contributed by atoms with Crippen LogP contribution in [0.4, 0.5) is 14.9 Å². The number of hydrogen-bond acceptors (Lipinski definition) is 4. The molecule has 3 aromatic carbocycles. The van der Waals surface area contributed by atoms with Crippen molar-refractivity contribution in [1.29, 1.82) is 0 Å². The van der Waals surface area contributed by atoms with Crippen molar-refractivity contribution in [1.82, 2.24) is 5.32 Å². The molecule has 1 aliphatic rings. The Bertz CT molecular complexity index is 1260. The van der Waals surface area contributed by atoms with Gasteiger partial charge in [-0.15, -0.1) is 0 Å². The number of ether oxygens (including phenoxy) is 1. The van der Waals surface area contributed by atoms with Crippen LogP contribution in [0.25, 0.3) is 11.1 Å². The normalized spacial score (nSPS) is 12.4. The molecule has 0 saturated heterocycles. The van der Waals surface area contributed by atoms with Crippen LogP contribution < -0.4 is 10.6 Å². The number of alkyl carbamates (subject to hydrolysis) is 1. The maximum Gasteiger partial charge on any atom is 0.407 e. The van der Waals surface area contributed by atoms with Crippen molar-refractivity contribution in [3.63, 3.8) is 0 Å². The van der Waals surface area contributed by atoms with Crippen LogP contribution in [0.2, 0.25) is 0 Å². The Kier molecular flexibility index (Phi) is 6.55. The molecule has 0 unspecified atom stereocenters. The van der Waals surface area contributed by atoms with Gasteiger partial charge in [-0.1, -0.05) is 48.5 Å². The third-order valence-corrected chi connectivity index (χ3v) is 5.87. The van der Waals surface area contributed by atoms with Gasteiger partial charge in [-0.05, 0) is 54.3 Å². The first-order valence-electron chi connectivity index (χ1n) is 11.1. The molecule has 1 aliphatic carbocycles. The highest BCUT2D eigenvalue weighted by Gasteiger charge is 2.30. The lowest BCUT2D eigenvalue weighted by atomic mass is 9.98. The zero-order valence-corrected chi connectivity index (χ0v) is 19.3. The third kappa shape index (κ3) is 5.32. The fourth-order valence-corrected chi connectivity index (χ4v) is 4.30. The Morgan fingerprint density at radius 1 is 0.971 bits per heavy atom. The minimum atomic E-state index is -1.24. The number of anilines is 1. The molecular formula is C27H25FN2O5. The molecule has 0 heterocycles. The van der Waals surface area contributed by atoms with E-state index < -0.39 is 29.3 Å². The lowest BCUT2D eigenvalue weighted by Gasteiger charge is -2.26. The van der Waals surface area contributed by atoms with Crippen molar-refractivity contribution in [2.45, 2.75) is 31.7 Å². The van der Waals surface area contributed by atoms with Crippen LogP contribution in [0.5, 0.6) is 0 Å². The van der Waals surface area contributed by atoms with Crippen molar-refractivity contribution in [3.8, 4) is 11.1 Å². The van der Waals surface area contributed by atoms with E-state index in [1.807, 2.05) is 48.5 Å². The summed E-state index contributed by atoms with van der Waals surface area (Å²) in [5.41, 5.74) is 3.01. The molecule has 0 saturated carbocycles. The summed E-state index contributed by atoms with van der Waals surface area (Å²) in [5, 5.41) is 14.1. The first-order valence-corrected chi connectivity index (χ1v) is 11.1. The third-order valence-electron chi connectivity index (χ3n) is 5.87. The monoisotopic (exact) mass is 476 g/mol. The maximum atomic E-state index is 14.0. The smallest absolute Gasteiger partial charge is 0.407 e. The average molecular weight is 477 g/mol. The van der Waals surface area contributed by atoms with Crippen LogP contribution in [0.1, 0.15) is 47.7 Å². The molecule has 8 heteroatoms. The van der Waals surface area contributed by atoms with E-state index in [9.17, 15) is 18.8 Å². The minimum absolute atomic E-state index is 0.0935. The maximum absolute atomic E-state index is 14.0. The Balaban J connectivity index is 1.36. The molecule has 2 amide bonds. The molecule has 0 atom stereocenters. The fourth-order valence-electron chi connectivity index (χ4n) is 4.30. The zero-order valence-electron chi connectivity index (χ0n) is 19.3. The van der Waals surface area contributed by atoms with E-state index in [1.165, 1.54) is 0 Å². The number of fused-ring (bicyclic) bond motifs is 3. The van der Waals surface area contributed by atoms with Gasteiger partial charge in [0.1, 0.15) is 12.4 Å². The standard InChI is InChI=1S/C27H25FN2O5/c1-27(2,14-24(31)29-23-13-16(25(32)33)11-12-22(23)28)30-26(34)35-15-21-19-9-5-3-7-17(19)18-8-4-6-10-20(18)21/h3-13,21H,14-15H2,1-2H3,(H,29,31)(H,30,34)(H,32,33). The molecule has 0 fully saturated rings. The number of rotatable bonds is 7. The van der Waals surface area contributed by atoms with Crippen molar-refractivity contribution in [3.05, 3.63) is 89.2 Å². The second-order valence-corrected chi connectivity index (χ2v) is 9.06. The average Bonchev–Trinajstić information content (AvgIpc) is 3.12. The molecule has 0 aliphatic heterocycles. The second-order valence-electron chi connectivity index (χ2n) is 9.06. The number of carboxylic acids is 1. The molecular weight excluding hydrogens is 451 g/mol. The molecule has 7 nitrogen and oxygen atoms in total. The topological polar surface area (TPSA) is 105 Å². The number of aromatic carboxylic acids is 1. The minimum Gasteiger partial charge on any atom is -0.478 e. The number of carbonyl (C=O) groups excluding carboxylic acids is 2. The van der Waals surface area contributed by atoms with Crippen molar-refractivity contribution in [2.24, 2.45) is 0 Å². The fraction of sp³-hybridized carbons (Fsp3) is 0.222. The summed E-state index contributed by atoms with van der Waals surface area (Å²) >= 11 is 0. The van der Waals surface area contributed by atoms with Gasteiger partial charge in [0.25, 0.3) is 0 Å². The quantitative estimate of drug-likeness (QED) is 0.436. The van der Waals surface area contributed by atoms with Gasteiger partial charge < -0.3 is 20.5 Å². The molecule has 0 aromatic heterocycles. The predicted molar refractivity (Wildman–Crippen MR) is 129 cm³/mol. The molecule has 35 heavy (non-hydrogen) atoms. The van der Waals surface area contributed by atoms with Gasteiger partial charge in [-0.3, -0.25) is 4.79 Å². The molecule has 3 aromatic rings. The predicted octanol–water partition coefficient (Wildman–Crippen LogP) is 5.17. The van der Waals surface area contributed by atoms with Crippen LogP contribution in [0, 0.1) is 5.82 Å². The largest absolute Gasteiger partial charge is 0.478 e. The molecule has 3 N–H and O–H groups in total. The van der Waals surface area contributed by atoms with Crippen molar-refractivity contribution in [2.75, 3.05) is 11.9 Å². The number of carbonyl (C=O) groups is 3. The molecule has 0 radical (unpaired) electrons. The van der Waals surface area contributed by atoms with E-state index in [2.05, 4.69) is 10.6 Å². The highest BCUT2D eigenvalue weighted by atomic mass is 19.1. The first kappa shape index (κ1) is 23.9. The van der Waals surface area contributed by atoms with Gasteiger partial charge in [-0.2, -0.15) is 0 Å². The van der Waals surface area contributed by atoms with E-state index >= 15 is 0 Å².